The van der Waals surface area contributed by atoms with Crippen LogP contribution in [0.5, 0.6) is 0 Å². The SMILES string of the molecule is CCC(CC)C(=O)NCc1nn2c(C(F)(F)F)nnc2s1. The van der Waals surface area contributed by atoms with E-state index in [0.717, 1.165) is 11.3 Å². The summed E-state index contributed by atoms with van der Waals surface area (Å²) in [6, 6.07) is 0. The smallest absolute Gasteiger partial charge is 0.349 e. The maximum Gasteiger partial charge on any atom is 0.453 e. The molecule has 0 unspecified atom stereocenters. The van der Waals surface area contributed by atoms with E-state index in [2.05, 4.69) is 20.6 Å². The lowest BCUT2D eigenvalue weighted by molar-refractivity contribution is -0.146. The van der Waals surface area contributed by atoms with Crippen LogP contribution in [0.4, 0.5) is 13.2 Å². The van der Waals surface area contributed by atoms with Crippen molar-refractivity contribution >= 4 is 22.2 Å². The van der Waals surface area contributed by atoms with Crippen LogP contribution >= 0.6 is 11.3 Å². The lowest BCUT2D eigenvalue weighted by atomic mass is 10.0. The Bertz CT molecular complexity index is 631. The fourth-order valence-corrected chi connectivity index (χ4v) is 2.64. The Labute approximate surface area is 122 Å². The third-order valence-corrected chi connectivity index (χ3v) is 3.96. The molecule has 0 aliphatic heterocycles. The minimum Gasteiger partial charge on any atom is -0.349 e. The second kappa shape index (κ2) is 5.96. The van der Waals surface area contributed by atoms with Gasteiger partial charge in [-0.2, -0.15) is 22.8 Å². The number of fused-ring (bicyclic) bond motifs is 1. The molecule has 116 valence electrons. The summed E-state index contributed by atoms with van der Waals surface area (Å²) in [6.07, 6.45) is -3.18. The van der Waals surface area contributed by atoms with Gasteiger partial charge in [0.05, 0.1) is 6.54 Å². The molecule has 2 rings (SSSR count). The lowest BCUT2D eigenvalue weighted by Gasteiger charge is -2.11. The molecular formula is C11H14F3N5OS. The molecule has 0 aliphatic carbocycles. The molecule has 2 aromatic heterocycles. The Morgan fingerprint density at radius 3 is 2.57 bits per heavy atom. The van der Waals surface area contributed by atoms with Gasteiger partial charge in [-0.15, -0.1) is 10.2 Å². The van der Waals surface area contributed by atoms with Crippen LogP contribution in [-0.4, -0.2) is 25.7 Å². The molecule has 2 heterocycles. The van der Waals surface area contributed by atoms with Crippen molar-refractivity contribution in [2.45, 2.75) is 39.4 Å². The lowest BCUT2D eigenvalue weighted by Crippen LogP contribution is -2.29. The Morgan fingerprint density at radius 2 is 2.00 bits per heavy atom. The average molecular weight is 321 g/mol. The van der Waals surface area contributed by atoms with Crippen molar-refractivity contribution in [2.24, 2.45) is 5.92 Å². The van der Waals surface area contributed by atoms with Crippen molar-refractivity contribution in [1.29, 1.82) is 0 Å². The monoisotopic (exact) mass is 321 g/mol. The van der Waals surface area contributed by atoms with Gasteiger partial charge in [0.2, 0.25) is 10.9 Å². The van der Waals surface area contributed by atoms with Crippen molar-refractivity contribution in [3.63, 3.8) is 0 Å². The molecule has 1 amide bonds. The molecule has 0 radical (unpaired) electrons. The number of hydrogen-bond donors (Lipinski definition) is 1. The molecule has 6 nitrogen and oxygen atoms in total. The summed E-state index contributed by atoms with van der Waals surface area (Å²) < 4.78 is 38.6. The molecule has 21 heavy (non-hydrogen) atoms. The van der Waals surface area contributed by atoms with E-state index in [4.69, 9.17) is 0 Å². The average Bonchev–Trinajstić information content (AvgIpc) is 2.95. The van der Waals surface area contributed by atoms with Crippen LogP contribution < -0.4 is 5.32 Å². The van der Waals surface area contributed by atoms with Crippen molar-refractivity contribution in [2.75, 3.05) is 0 Å². The van der Waals surface area contributed by atoms with Crippen molar-refractivity contribution in [3.8, 4) is 0 Å². The molecule has 0 atom stereocenters. The number of amides is 1. The first-order chi connectivity index (χ1) is 9.86. The molecular weight excluding hydrogens is 307 g/mol. The highest BCUT2D eigenvalue weighted by molar-refractivity contribution is 7.16. The third kappa shape index (κ3) is 3.31. The second-order valence-corrected chi connectivity index (χ2v) is 5.48. The van der Waals surface area contributed by atoms with Gasteiger partial charge in [0.1, 0.15) is 5.01 Å². The molecule has 0 saturated carbocycles. The Morgan fingerprint density at radius 1 is 1.33 bits per heavy atom. The van der Waals surface area contributed by atoms with Gasteiger partial charge >= 0.3 is 6.18 Å². The van der Waals surface area contributed by atoms with Crippen LogP contribution in [0.15, 0.2) is 0 Å². The molecule has 0 aromatic carbocycles. The van der Waals surface area contributed by atoms with E-state index >= 15 is 0 Å². The molecule has 10 heteroatoms. The molecule has 2 aromatic rings. The van der Waals surface area contributed by atoms with Crippen molar-refractivity contribution in [3.05, 3.63) is 10.8 Å². The number of aromatic nitrogens is 4. The van der Waals surface area contributed by atoms with Crippen LogP contribution in [0, 0.1) is 5.92 Å². The number of carbonyl (C=O) groups is 1. The number of carbonyl (C=O) groups excluding carboxylic acids is 1. The quantitative estimate of drug-likeness (QED) is 0.917. The first-order valence-electron chi connectivity index (χ1n) is 6.42. The van der Waals surface area contributed by atoms with Gasteiger partial charge in [-0.3, -0.25) is 4.79 Å². The van der Waals surface area contributed by atoms with Gasteiger partial charge in [0, 0.05) is 5.92 Å². The molecule has 0 spiro atoms. The molecule has 0 fully saturated rings. The van der Waals surface area contributed by atoms with Crippen LogP contribution in [0.25, 0.3) is 4.96 Å². The van der Waals surface area contributed by atoms with Gasteiger partial charge in [0.25, 0.3) is 5.82 Å². The summed E-state index contributed by atoms with van der Waals surface area (Å²) in [6.45, 7) is 3.90. The first kappa shape index (κ1) is 15.7. The zero-order valence-corrected chi connectivity index (χ0v) is 12.3. The molecule has 0 aliphatic rings. The molecule has 0 saturated heterocycles. The van der Waals surface area contributed by atoms with Gasteiger partial charge in [-0.1, -0.05) is 25.2 Å². The fourth-order valence-electron chi connectivity index (χ4n) is 1.87. The zero-order chi connectivity index (χ0) is 15.6. The number of hydrogen-bond acceptors (Lipinski definition) is 5. The summed E-state index contributed by atoms with van der Waals surface area (Å²) >= 11 is 0.967. The summed E-state index contributed by atoms with van der Waals surface area (Å²) in [7, 11) is 0. The Hall–Kier alpha value is -1.71. The number of rotatable bonds is 5. The standard InChI is InChI=1S/C11H14F3N5OS/c1-3-6(4-2)8(20)15-5-7-18-19-9(11(12,13)14)16-17-10(19)21-7/h6H,3-5H2,1-2H3,(H,15,20). The summed E-state index contributed by atoms with van der Waals surface area (Å²) in [5.74, 6) is -1.38. The maximum atomic E-state index is 12.6. The highest BCUT2D eigenvalue weighted by atomic mass is 32.1. The van der Waals surface area contributed by atoms with Crippen LogP contribution in [0.2, 0.25) is 0 Å². The number of nitrogens with zero attached hydrogens (tertiary/aromatic N) is 4. The number of alkyl halides is 3. The number of nitrogens with one attached hydrogen (secondary N) is 1. The molecule has 1 N–H and O–H groups in total. The summed E-state index contributed by atoms with van der Waals surface area (Å²) in [5, 5.41) is 13.3. The minimum atomic E-state index is -4.61. The van der Waals surface area contributed by atoms with E-state index < -0.39 is 12.0 Å². The van der Waals surface area contributed by atoms with Crippen LogP contribution in [-0.2, 0) is 17.5 Å². The zero-order valence-electron chi connectivity index (χ0n) is 11.4. The summed E-state index contributed by atoms with van der Waals surface area (Å²) in [4.78, 5) is 11.9. The van der Waals surface area contributed by atoms with E-state index in [-0.39, 0.29) is 23.3 Å². The Kier molecular flexibility index (Phi) is 4.45. The third-order valence-electron chi connectivity index (χ3n) is 3.06. The highest BCUT2D eigenvalue weighted by Crippen LogP contribution is 2.28. The van der Waals surface area contributed by atoms with Gasteiger partial charge in [-0.05, 0) is 12.8 Å². The van der Waals surface area contributed by atoms with Crippen LogP contribution in [0.3, 0.4) is 0 Å². The minimum absolute atomic E-state index is 0.0501. The van der Waals surface area contributed by atoms with Gasteiger partial charge in [0.15, 0.2) is 0 Å². The highest BCUT2D eigenvalue weighted by Gasteiger charge is 2.38. The predicted molar refractivity (Wildman–Crippen MR) is 69.6 cm³/mol. The van der Waals surface area contributed by atoms with Gasteiger partial charge < -0.3 is 5.32 Å². The maximum absolute atomic E-state index is 12.6. The van der Waals surface area contributed by atoms with Gasteiger partial charge in [-0.25, -0.2) is 0 Å². The predicted octanol–water partition coefficient (Wildman–Crippen LogP) is 2.26. The topological polar surface area (TPSA) is 72.2 Å². The van der Waals surface area contributed by atoms with E-state index in [1.165, 1.54) is 0 Å². The van der Waals surface area contributed by atoms with Crippen molar-refractivity contribution < 1.29 is 18.0 Å². The largest absolute Gasteiger partial charge is 0.453 e. The summed E-state index contributed by atoms with van der Waals surface area (Å²) in [5.41, 5.74) is 0. The first-order valence-corrected chi connectivity index (χ1v) is 7.24. The second-order valence-electron chi connectivity index (χ2n) is 4.44. The van der Waals surface area contributed by atoms with E-state index in [0.29, 0.717) is 22.4 Å². The fraction of sp³-hybridized carbons (Fsp3) is 0.636. The van der Waals surface area contributed by atoms with E-state index in [9.17, 15) is 18.0 Å². The van der Waals surface area contributed by atoms with Crippen molar-refractivity contribution in [1.82, 2.24) is 25.1 Å². The Balaban J connectivity index is 2.10. The van der Waals surface area contributed by atoms with E-state index in [1.807, 2.05) is 13.8 Å². The normalized spacial score (nSPS) is 12.3. The molecule has 0 bridgehead atoms. The number of halogens is 3. The van der Waals surface area contributed by atoms with E-state index in [1.54, 1.807) is 0 Å². The van der Waals surface area contributed by atoms with Crippen LogP contribution in [0.1, 0.15) is 37.5 Å².